The van der Waals surface area contributed by atoms with Crippen LogP contribution in [0.3, 0.4) is 0 Å². The molecule has 3 rings (SSSR count). The number of morpholine rings is 1. The number of amides is 1. The van der Waals surface area contributed by atoms with E-state index < -0.39 is 0 Å². The lowest BCUT2D eigenvalue weighted by molar-refractivity contribution is -0.138. The minimum absolute atomic E-state index is 0.0907. The summed E-state index contributed by atoms with van der Waals surface area (Å²) in [6.45, 7) is 6.51. The molecule has 0 bridgehead atoms. The summed E-state index contributed by atoms with van der Waals surface area (Å²) in [5, 5.41) is 0. The van der Waals surface area contributed by atoms with Crippen molar-refractivity contribution in [2.45, 2.75) is 13.3 Å². The van der Waals surface area contributed by atoms with Gasteiger partial charge in [0.25, 0.3) is 0 Å². The molecule has 114 valence electrons. The Morgan fingerprint density at radius 2 is 2.14 bits per heavy atom. The fourth-order valence-corrected chi connectivity index (χ4v) is 3.51. The molecule has 1 aromatic rings. The second-order valence-electron chi connectivity index (χ2n) is 5.66. The zero-order chi connectivity index (χ0) is 14.8. The van der Waals surface area contributed by atoms with Gasteiger partial charge in [0.15, 0.2) is 0 Å². The van der Waals surface area contributed by atoms with Gasteiger partial charge in [-0.15, -0.1) is 0 Å². The van der Waals surface area contributed by atoms with Gasteiger partial charge in [-0.05, 0) is 40.9 Å². The molecule has 2 saturated heterocycles. The van der Waals surface area contributed by atoms with Gasteiger partial charge < -0.3 is 14.5 Å². The highest BCUT2D eigenvalue weighted by Crippen LogP contribution is 2.27. The van der Waals surface area contributed by atoms with E-state index in [-0.39, 0.29) is 11.8 Å². The summed E-state index contributed by atoms with van der Waals surface area (Å²) in [4.78, 5) is 21.2. The van der Waals surface area contributed by atoms with E-state index >= 15 is 0 Å². The van der Waals surface area contributed by atoms with E-state index in [0.29, 0.717) is 13.2 Å². The quantitative estimate of drug-likeness (QED) is 0.813. The number of hydrogen-bond acceptors (Lipinski definition) is 4. The minimum Gasteiger partial charge on any atom is -0.378 e. The fourth-order valence-electron chi connectivity index (χ4n) is 3.06. The Hall–Kier alpha value is -1.14. The highest BCUT2D eigenvalue weighted by molar-refractivity contribution is 9.10. The van der Waals surface area contributed by atoms with E-state index in [1.165, 1.54) is 0 Å². The van der Waals surface area contributed by atoms with E-state index in [4.69, 9.17) is 4.74 Å². The van der Waals surface area contributed by atoms with Crippen molar-refractivity contribution in [3.8, 4) is 0 Å². The first-order chi connectivity index (χ1) is 10.1. The number of rotatable bonds is 2. The molecule has 5 nitrogen and oxygen atoms in total. The van der Waals surface area contributed by atoms with Crippen LogP contribution in [0.4, 0.5) is 5.82 Å². The van der Waals surface area contributed by atoms with Crippen molar-refractivity contribution >= 4 is 27.7 Å². The molecule has 0 aromatic carbocycles. The molecule has 1 atom stereocenters. The molecule has 6 heteroatoms. The highest BCUT2D eigenvalue weighted by Gasteiger charge is 2.33. The Labute approximate surface area is 133 Å². The molecule has 1 unspecified atom stereocenters. The standard InChI is InChI=1S/C15H20BrN3O2/c1-11-8-13(16)9-17-14(11)19-3-2-12(10-19)15(20)18-4-6-21-7-5-18/h8-9,12H,2-7,10H2,1H3. The largest absolute Gasteiger partial charge is 0.378 e. The van der Waals surface area contributed by atoms with Crippen LogP contribution in [0.1, 0.15) is 12.0 Å². The van der Waals surface area contributed by atoms with Gasteiger partial charge in [-0.2, -0.15) is 0 Å². The Morgan fingerprint density at radius 1 is 1.38 bits per heavy atom. The minimum atomic E-state index is 0.0907. The number of carbonyl (C=O) groups is 1. The maximum Gasteiger partial charge on any atom is 0.227 e. The first-order valence-corrected chi connectivity index (χ1v) is 8.18. The molecule has 0 N–H and O–H groups in total. The van der Waals surface area contributed by atoms with Crippen molar-refractivity contribution in [1.82, 2.24) is 9.88 Å². The third-order valence-corrected chi connectivity index (χ3v) is 4.61. The zero-order valence-corrected chi connectivity index (χ0v) is 13.8. The van der Waals surface area contributed by atoms with Gasteiger partial charge in [-0.1, -0.05) is 0 Å². The van der Waals surface area contributed by atoms with Crippen LogP contribution in [0, 0.1) is 12.8 Å². The number of aromatic nitrogens is 1. The van der Waals surface area contributed by atoms with Crippen LogP contribution in [0.15, 0.2) is 16.7 Å². The van der Waals surface area contributed by atoms with Crippen LogP contribution in [-0.2, 0) is 9.53 Å². The Bertz CT molecular complexity index is 532. The van der Waals surface area contributed by atoms with Gasteiger partial charge in [0.2, 0.25) is 5.91 Å². The summed E-state index contributed by atoms with van der Waals surface area (Å²) < 4.78 is 6.30. The van der Waals surface area contributed by atoms with E-state index in [1.807, 2.05) is 11.1 Å². The Kier molecular flexibility index (Phi) is 4.45. The molecule has 2 fully saturated rings. The summed E-state index contributed by atoms with van der Waals surface area (Å²) in [7, 11) is 0. The summed E-state index contributed by atoms with van der Waals surface area (Å²) >= 11 is 3.44. The highest BCUT2D eigenvalue weighted by atomic mass is 79.9. The maximum absolute atomic E-state index is 12.5. The molecule has 3 heterocycles. The predicted octanol–water partition coefficient (Wildman–Crippen LogP) is 1.84. The Morgan fingerprint density at radius 3 is 2.86 bits per heavy atom. The average molecular weight is 354 g/mol. The lowest BCUT2D eigenvalue weighted by Gasteiger charge is -2.29. The normalized spacial score (nSPS) is 22.7. The van der Waals surface area contributed by atoms with Crippen LogP contribution >= 0.6 is 15.9 Å². The van der Waals surface area contributed by atoms with Crippen molar-refractivity contribution < 1.29 is 9.53 Å². The topological polar surface area (TPSA) is 45.7 Å². The molecular formula is C15H20BrN3O2. The van der Waals surface area contributed by atoms with Crippen LogP contribution < -0.4 is 4.90 Å². The van der Waals surface area contributed by atoms with Crippen LogP contribution in [-0.4, -0.2) is 55.2 Å². The summed E-state index contributed by atoms with van der Waals surface area (Å²) in [6, 6.07) is 2.07. The van der Waals surface area contributed by atoms with E-state index in [1.54, 1.807) is 0 Å². The zero-order valence-electron chi connectivity index (χ0n) is 12.2. The first kappa shape index (κ1) is 14.8. The van der Waals surface area contributed by atoms with Crippen molar-refractivity contribution in [3.63, 3.8) is 0 Å². The molecule has 21 heavy (non-hydrogen) atoms. The van der Waals surface area contributed by atoms with Gasteiger partial charge in [0, 0.05) is 36.8 Å². The van der Waals surface area contributed by atoms with Crippen LogP contribution in [0.5, 0.6) is 0 Å². The van der Waals surface area contributed by atoms with E-state index in [2.05, 4.69) is 38.8 Å². The van der Waals surface area contributed by atoms with Gasteiger partial charge in [-0.25, -0.2) is 4.98 Å². The third-order valence-electron chi connectivity index (χ3n) is 4.18. The maximum atomic E-state index is 12.5. The lowest BCUT2D eigenvalue weighted by atomic mass is 10.1. The molecule has 0 radical (unpaired) electrons. The van der Waals surface area contributed by atoms with Crippen molar-refractivity contribution in [2.75, 3.05) is 44.3 Å². The van der Waals surface area contributed by atoms with Crippen LogP contribution in [0.2, 0.25) is 0 Å². The number of aryl methyl sites for hydroxylation is 1. The molecule has 2 aliphatic rings. The molecule has 1 aromatic heterocycles. The second kappa shape index (κ2) is 6.32. The van der Waals surface area contributed by atoms with Gasteiger partial charge in [0.1, 0.15) is 5.82 Å². The predicted molar refractivity (Wildman–Crippen MR) is 84.4 cm³/mol. The Balaban J connectivity index is 1.66. The molecular weight excluding hydrogens is 334 g/mol. The SMILES string of the molecule is Cc1cc(Br)cnc1N1CCC(C(=O)N2CCOCC2)C1. The monoisotopic (exact) mass is 353 g/mol. The second-order valence-corrected chi connectivity index (χ2v) is 6.58. The number of nitrogens with zero attached hydrogens (tertiary/aromatic N) is 3. The van der Waals surface area contributed by atoms with Crippen molar-refractivity contribution in [2.24, 2.45) is 5.92 Å². The number of ether oxygens (including phenoxy) is 1. The van der Waals surface area contributed by atoms with Crippen molar-refractivity contribution in [1.29, 1.82) is 0 Å². The fraction of sp³-hybridized carbons (Fsp3) is 0.600. The van der Waals surface area contributed by atoms with Crippen molar-refractivity contribution in [3.05, 3.63) is 22.3 Å². The molecule has 0 spiro atoms. The van der Waals surface area contributed by atoms with Gasteiger partial charge in [-0.3, -0.25) is 4.79 Å². The smallest absolute Gasteiger partial charge is 0.227 e. The summed E-state index contributed by atoms with van der Waals surface area (Å²) in [6.07, 6.45) is 2.73. The molecule has 0 aliphatic carbocycles. The van der Waals surface area contributed by atoms with E-state index in [0.717, 1.165) is 48.5 Å². The first-order valence-electron chi connectivity index (χ1n) is 7.39. The number of hydrogen-bond donors (Lipinski definition) is 0. The van der Waals surface area contributed by atoms with Gasteiger partial charge in [0.05, 0.1) is 19.1 Å². The molecule has 2 aliphatic heterocycles. The molecule has 0 saturated carbocycles. The average Bonchev–Trinajstić information content (AvgIpc) is 2.97. The summed E-state index contributed by atoms with van der Waals surface area (Å²) in [5.74, 6) is 1.36. The number of carbonyl (C=O) groups excluding carboxylic acids is 1. The number of anilines is 1. The molecule has 1 amide bonds. The van der Waals surface area contributed by atoms with Crippen LogP contribution in [0.25, 0.3) is 0 Å². The number of pyridine rings is 1. The van der Waals surface area contributed by atoms with E-state index in [9.17, 15) is 4.79 Å². The third kappa shape index (κ3) is 3.21. The number of halogens is 1. The summed E-state index contributed by atoms with van der Waals surface area (Å²) in [5.41, 5.74) is 1.14. The van der Waals surface area contributed by atoms with Gasteiger partial charge >= 0.3 is 0 Å². The lowest BCUT2D eigenvalue weighted by Crippen LogP contribution is -2.44.